The predicted molar refractivity (Wildman–Crippen MR) is 139 cm³/mol. The fourth-order valence-corrected chi connectivity index (χ4v) is 4.92. The third-order valence-electron chi connectivity index (χ3n) is 4.84. The maximum Gasteiger partial charge on any atom is 0.338 e. The van der Waals surface area contributed by atoms with Crippen LogP contribution in [-0.4, -0.2) is 32.2 Å². The van der Waals surface area contributed by atoms with Gasteiger partial charge in [-0.05, 0) is 74.5 Å². The number of ketones is 1. The molecule has 0 radical (unpaired) electrons. The summed E-state index contributed by atoms with van der Waals surface area (Å²) < 4.78 is 33.3. The van der Waals surface area contributed by atoms with Crippen molar-refractivity contribution in [3.63, 3.8) is 0 Å². The lowest BCUT2D eigenvalue weighted by molar-refractivity contribution is -0.123. The highest BCUT2D eigenvalue weighted by Gasteiger charge is 2.24. The zero-order valence-corrected chi connectivity index (χ0v) is 21.9. The number of carbonyl (C=O) groups is 3. The molecule has 36 heavy (non-hydrogen) atoms. The summed E-state index contributed by atoms with van der Waals surface area (Å²) in [6, 6.07) is 13.9. The Balaban J connectivity index is 1.74. The van der Waals surface area contributed by atoms with Crippen molar-refractivity contribution in [2.24, 2.45) is 0 Å². The number of ether oxygens (including phenoxy) is 1. The molecule has 1 amide bonds. The maximum absolute atomic E-state index is 12.9. The van der Waals surface area contributed by atoms with Crippen LogP contribution >= 0.6 is 34.8 Å². The van der Waals surface area contributed by atoms with Crippen molar-refractivity contribution in [2.45, 2.75) is 24.8 Å². The number of nitrogens with one attached hydrogen (secondary N) is 2. The maximum atomic E-state index is 12.9. The van der Waals surface area contributed by atoms with Crippen LogP contribution in [-0.2, 0) is 19.6 Å². The van der Waals surface area contributed by atoms with Crippen molar-refractivity contribution in [1.29, 1.82) is 0 Å². The van der Waals surface area contributed by atoms with Crippen LogP contribution in [0.25, 0.3) is 0 Å². The second-order valence-corrected chi connectivity index (χ2v) is 10.4. The van der Waals surface area contributed by atoms with E-state index in [2.05, 4.69) is 10.0 Å². The van der Waals surface area contributed by atoms with Gasteiger partial charge in [0.25, 0.3) is 15.9 Å². The van der Waals surface area contributed by atoms with E-state index in [0.29, 0.717) is 11.3 Å². The minimum absolute atomic E-state index is 0.0230. The average molecular weight is 570 g/mol. The second kappa shape index (κ2) is 11.3. The van der Waals surface area contributed by atoms with E-state index >= 15 is 0 Å². The number of amides is 1. The Labute approximate surface area is 222 Å². The molecule has 0 aromatic heterocycles. The van der Waals surface area contributed by atoms with E-state index in [9.17, 15) is 22.8 Å². The molecular formula is C24H19Cl3N2O6S. The van der Waals surface area contributed by atoms with Gasteiger partial charge >= 0.3 is 5.97 Å². The smallest absolute Gasteiger partial charge is 0.338 e. The highest BCUT2D eigenvalue weighted by Crippen LogP contribution is 2.30. The first-order chi connectivity index (χ1) is 16.9. The molecule has 0 saturated heterocycles. The number of sulfonamides is 1. The van der Waals surface area contributed by atoms with Crippen LogP contribution < -0.4 is 10.0 Å². The van der Waals surface area contributed by atoms with Gasteiger partial charge in [-0.25, -0.2) is 13.2 Å². The number of anilines is 2. The number of hydrogen-bond donors (Lipinski definition) is 2. The molecule has 0 heterocycles. The van der Waals surface area contributed by atoms with Gasteiger partial charge in [0.15, 0.2) is 11.9 Å². The predicted octanol–water partition coefficient (Wildman–Crippen LogP) is 5.83. The van der Waals surface area contributed by atoms with Crippen molar-refractivity contribution in [3.05, 3.63) is 86.9 Å². The molecule has 3 rings (SSSR count). The standard InChI is InChI=1S/C24H19Cl3N2O6S/c1-13(30)15-3-7-18(8-4-15)28-23(31)14(2)35-24(32)16-5-9-20(27)22(11-16)36(33,34)29-21-12-17(25)6-10-19(21)26/h3-12,14,29H,1-2H3,(H,28,31). The number of halogens is 3. The molecule has 3 aromatic rings. The molecule has 188 valence electrons. The second-order valence-electron chi connectivity index (χ2n) is 7.55. The molecule has 1 unspecified atom stereocenters. The molecule has 1 atom stereocenters. The van der Waals surface area contributed by atoms with E-state index in [1.54, 1.807) is 24.3 Å². The van der Waals surface area contributed by atoms with E-state index in [4.69, 9.17) is 39.5 Å². The summed E-state index contributed by atoms with van der Waals surface area (Å²) in [5, 5.41) is 2.77. The average Bonchev–Trinajstić information content (AvgIpc) is 2.81. The summed E-state index contributed by atoms with van der Waals surface area (Å²) >= 11 is 18.0. The molecular weight excluding hydrogens is 551 g/mol. The summed E-state index contributed by atoms with van der Waals surface area (Å²) in [7, 11) is -4.27. The van der Waals surface area contributed by atoms with Crippen LogP contribution in [0, 0.1) is 0 Å². The Kier molecular flexibility index (Phi) is 8.63. The lowest BCUT2D eigenvalue weighted by Crippen LogP contribution is -2.30. The van der Waals surface area contributed by atoms with Crippen LogP contribution in [0.15, 0.2) is 65.6 Å². The Morgan fingerprint density at radius 1 is 0.861 bits per heavy atom. The van der Waals surface area contributed by atoms with Crippen LogP contribution in [0.2, 0.25) is 15.1 Å². The number of carbonyl (C=O) groups excluding carboxylic acids is 3. The molecule has 12 heteroatoms. The van der Waals surface area contributed by atoms with Crippen LogP contribution in [0.1, 0.15) is 34.6 Å². The van der Waals surface area contributed by atoms with E-state index in [1.807, 2.05) is 0 Å². The van der Waals surface area contributed by atoms with E-state index in [-0.39, 0.29) is 32.1 Å². The summed E-state index contributed by atoms with van der Waals surface area (Å²) in [5.74, 6) is -1.69. The van der Waals surface area contributed by atoms with Gasteiger partial charge in [0.1, 0.15) is 4.90 Å². The number of esters is 1. The van der Waals surface area contributed by atoms with Gasteiger partial charge in [0, 0.05) is 16.3 Å². The Hall–Kier alpha value is -3.11. The van der Waals surface area contributed by atoms with Gasteiger partial charge in [-0.3, -0.25) is 14.3 Å². The molecule has 0 bridgehead atoms. The Morgan fingerprint density at radius 3 is 2.11 bits per heavy atom. The lowest BCUT2D eigenvalue weighted by atomic mass is 10.1. The molecule has 3 aromatic carbocycles. The fraction of sp³-hybridized carbons (Fsp3) is 0.125. The summed E-state index contributed by atoms with van der Waals surface area (Å²) in [5.41, 5.74) is 0.754. The Morgan fingerprint density at radius 2 is 1.47 bits per heavy atom. The molecule has 0 fully saturated rings. The first kappa shape index (κ1) is 27.5. The molecule has 8 nitrogen and oxygen atoms in total. The first-order valence-electron chi connectivity index (χ1n) is 10.3. The number of hydrogen-bond acceptors (Lipinski definition) is 6. The normalized spacial score (nSPS) is 11.9. The minimum atomic E-state index is -4.27. The minimum Gasteiger partial charge on any atom is -0.449 e. The largest absolute Gasteiger partial charge is 0.449 e. The van der Waals surface area contributed by atoms with Crippen LogP contribution in [0.5, 0.6) is 0 Å². The van der Waals surface area contributed by atoms with E-state index in [0.717, 1.165) is 6.07 Å². The van der Waals surface area contributed by atoms with Crippen molar-refractivity contribution in [2.75, 3.05) is 10.0 Å². The molecule has 0 aliphatic heterocycles. The van der Waals surface area contributed by atoms with E-state index < -0.39 is 32.9 Å². The SMILES string of the molecule is CC(=O)c1ccc(NC(=O)C(C)OC(=O)c2ccc(Cl)c(S(=O)(=O)Nc3cc(Cl)ccc3Cl)c2)cc1. The molecule has 0 spiro atoms. The topological polar surface area (TPSA) is 119 Å². The highest BCUT2D eigenvalue weighted by molar-refractivity contribution is 7.92. The van der Waals surface area contributed by atoms with E-state index in [1.165, 1.54) is 44.2 Å². The first-order valence-corrected chi connectivity index (χ1v) is 12.9. The third-order valence-corrected chi connectivity index (χ3v) is 7.25. The van der Waals surface area contributed by atoms with Crippen molar-refractivity contribution in [1.82, 2.24) is 0 Å². The quantitative estimate of drug-likeness (QED) is 0.260. The van der Waals surface area contributed by atoms with Gasteiger partial charge in [-0.1, -0.05) is 34.8 Å². The summed E-state index contributed by atoms with van der Waals surface area (Å²) in [6.45, 7) is 2.78. The van der Waals surface area contributed by atoms with Crippen LogP contribution in [0.3, 0.4) is 0 Å². The summed E-state index contributed by atoms with van der Waals surface area (Å²) in [4.78, 5) is 36.0. The van der Waals surface area contributed by atoms with Gasteiger partial charge in [0.05, 0.1) is 21.3 Å². The number of benzene rings is 3. The number of Topliss-reactive ketones (excluding diaryl/α,β-unsaturated/α-hetero) is 1. The van der Waals surface area contributed by atoms with Crippen molar-refractivity contribution in [3.8, 4) is 0 Å². The molecule has 0 aliphatic rings. The van der Waals surface area contributed by atoms with Gasteiger partial charge < -0.3 is 10.1 Å². The van der Waals surface area contributed by atoms with Crippen molar-refractivity contribution < 1.29 is 27.5 Å². The molecule has 0 aliphatic carbocycles. The zero-order chi connectivity index (χ0) is 26.6. The monoisotopic (exact) mass is 568 g/mol. The molecule has 2 N–H and O–H groups in total. The molecule has 0 saturated carbocycles. The lowest BCUT2D eigenvalue weighted by Gasteiger charge is -2.15. The van der Waals surface area contributed by atoms with Gasteiger partial charge in [0.2, 0.25) is 0 Å². The Bertz CT molecular complexity index is 1440. The van der Waals surface area contributed by atoms with Crippen molar-refractivity contribution >= 4 is 73.9 Å². The third kappa shape index (κ3) is 6.76. The summed E-state index contributed by atoms with van der Waals surface area (Å²) in [6.07, 6.45) is -1.22. The van der Waals surface area contributed by atoms with Crippen LogP contribution in [0.4, 0.5) is 11.4 Å². The number of rotatable bonds is 8. The zero-order valence-electron chi connectivity index (χ0n) is 18.8. The van der Waals surface area contributed by atoms with Gasteiger partial charge in [-0.2, -0.15) is 0 Å². The highest BCUT2D eigenvalue weighted by atomic mass is 35.5. The fourth-order valence-electron chi connectivity index (χ4n) is 2.93. The van der Waals surface area contributed by atoms with Gasteiger partial charge in [-0.15, -0.1) is 0 Å².